The SMILES string of the molecule is CC(NC(=O)c1cc(C(F)(F)F)cc(C2(C#N)CC2)c1)c1ncn(-c2ncc(OCC(F)(F)F)cn2)n1. The predicted octanol–water partition coefficient (Wildman–Crippen LogP) is 4.06. The van der Waals surface area contributed by atoms with Crippen molar-refractivity contribution in [2.45, 2.75) is 43.6 Å². The van der Waals surface area contributed by atoms with E-state index in [1.165, 1.54) is 19.3 Å². The first-order chi connectivity index (χ1) is 17.3. The summed E-state index contributed by atoms with van der Waals surface area (Å²) in [7, 11) is 0. The van der Waals surface area contributed by atoms with E-state index in [2.05, 4.69) is 30.1 Å². The van der Waals surface area contributed by atoms with Crippen molar-refractivity contribution < 1.29 is 35.9 Å². The molecule has 1 amide bonds. The number of hydrogen-bond acceptors (Lipinski definition) is 7. The van der Waals surface area contributed by atoms with Gasteiger partial charge in [-0.05, 0) is 43.5 Å². The van der Waals surface area contributed by atoms with Gasteiger partial charge in [-0.15, -0.1) is 5.10 Å². The molecule has 194 valence electrons. The van der Waals surface area contributed by atoms with Crippen LogP contribution < -0.4 is 10.1 Å². The monoisotopic (exact) mass is 525 g/mol. The molecule has 37 heavy (non-hydrogen) atoms. The molecule has 2 heterocycles. The molecule has 1 unspecified atom stereocenters. The standard InChI is InChI=1S/C22H17F6N7O2/c1-12(17-32-11-35(34-17)19-30-7-16(8-31-19)37-10-21(23,24)25)33-18(36)13-4-14(20(9-29)2-3-20)6-15(5-13)22(26,27)28/h4-8,11-12H,2-3,10H2,1H3,(H,33,36). The van der Waals surface area contributed by atoms with Gasteiger partial charge in [-0.1, -0.05) is 0 Å². The molecule has 1 atom stereocenters. The topological polar surface area (TPSA) is 119 Å². The predicted molar refractivity (Wildman–Crippen MR) is 112 cm³/mol. The lowest BCUT2D eigenvalue weighted by Gasteiger charge is -2.16. The molecule has 1 aliphatic carbocycles. The highest BCUT2D eigenvalue weighted by Gasteiger charge is 2.46. The molecule has 1 aliphatic rings. The Morgan fingerprint density at radius 1 is 1.16 bits per heavy atom. The van der Waals surface area contributed by atoms with E-state index in [9.17, 15) is 36.4 Å². The molecule has 1 fully saturated rings. The number of carbonyl (C=O) groups excluding carboxylic acids is 1. The van der Waals surface area contributed by atoms with Crippen LogP contribution in [0.1, 0.15) is 53.1 Å². The van der Waals surface area contributed by atoms with E-state index in [1.807, 2.05) is 6.07 Å². The van der Waals surface area contributed by atoms with Crippen LogP contribution in [0.5, 0.6) is 5.75 Å². The summed E-state index contributed by atoms with van der Waals surface area (Å²) in [5.74, 6) is -1.03. The second kappa shape index (κ2) is 9.34. The minimum atomic E-state index is -4.71. The summed E-state index contributed by atoms with van der Waals surface area (Å²) in [5, 5.41) is 16.0. The minimum Gasteiger partial charge on any atom is -0.481 e. The molecule has 2 aromatic heterocycles. The minimum absolute atomic E-state index is 0.0506. The Morgan fingerprint density at radius 2 is 1.84 bits per heavy atom. The molecule has 1 saturated carbocycles. The second-order valence-corrected chi connectivity index (χ2v) is 8.36. The zero-order valence-electron chi connectivity index (χ0n) is 18.9. The van der Waals surface area contributed by atoms with E-state index >= 15 is 0 Å². The highest BCUT2D eigenvalue weighted by molar-refractivity contribution is 5.95. The first-order valence-corrected chi connectivity index (χ1v) is 10.7. The number of carbonyl (C=O) groups is 1. The molecule has 0 bridgehead atoms. The maximum atomic E-state index is 13.4. The molecule has 0 saturated heterocycles. The quantitative estimate of drug-likeness (QED) is 0.462. The van der Waals surface area contributed by atoms with Gasteiger partial charge >= 0.3 is 12.4 Å². The average molecular weight is 525 g/mol. The van der Waals surface area contributed by atoms with E-state index in [-0.39, 0.29) is 28.6 Å². The van der Waals surface area contributed by atoms with E-state index in [1.54, 1.807) is 0 Å². The number of ether oxygens (including phenoxy) is 1. The number of nitrogens with one attached hydrogen (secondary N) is 1. The molecule has 3 aromatic rings. The molecule has 15 heteroatoms. The van der Waals surface area contributed by atoms with Crippen LogP contribution in [0.25, 0.3) is 5.95 Å². The molecule has 0 radical (unpaired) electrons. The summed E-state index contributed by atoms with van der Waals surface area (Å²) < 4.78 is 82.6. The van der Waals surface area contributed by atoms with Crippen molar-refractivity contribution in [3.05, 3.63) is 59.4 Å². The summed E-state index contributed by atoms with van der Waals surface area (Å²) in [6, 6.07) is 4.04. The van der Waals surface area contributed by atoms with Crippen LogP contribution in [-0.4, -0.2) is 43.4 Å². The fraction of sp³-hybridized carbons (Fsp3) is 0.364. The normalized spacial score (nSPS) is 15.5. The molecule has 1 N–H and O–H groups in total. The van der Waals surface area contributed by atoms with Crippen molar-refractivity contribution in [3.8, 4) is 17.8 Å². The fourth-order valence-electron chi connectivity index (χ4n) is 3.37. The number of amides is 1. The van der Waals surface area contributed by atoms with Gasteiger partial charge in [-0.25, -0.2) is 15.0 Å². The number of aromatic nitrogens is 5. The Hall–Kier alpha value is -4.22. The van der Waals surface area contributed by atoms with Gasteiger partial charge in [0.1, 0.15) is 6.33 Å². The van der Waals surface area contributed by atoms with Crippen molar-refractivity contribution in [1.29, 1.82) is 5.26 Å². The van der Waals surface area contributed by atoms with Gasteiger partial charge in [0.05, 0.1) is 35.5 Å². The maximum absolute atomic E-state index is 13.4. The Morgan fingerprint density at radius 3 is 2.41 bits per heavy atom. The third-order valence-corrected chi connectivity index (χ3v) is 5.51. The van der Waals surface area contributed by atoms with Crippen LogP contribution in [0.2, 0.25) is 0 Å². The number of nitrogens with zero attached hydrogens (tertiary/aromatic N) is 6. The number of halogens is 6. The van der Waals surface area contributed by atoms with Crippen LogP contribution in [0.15, 0.2) is 36.9 Å². The molecular weight excluding hydrogens is 508 g/mol. The summed E-state index contributed by atoms with van der Waals surface area (Å²) in [5.41, 5.74) is -2.21. The van der Waals surface area contributed by atoms with Crippen molar-refractivity contribution in [1.82, 2.24) is 30.0 Å². The van der Waals surface area contributed by atoms with E-state index in [0.29, 0.717) is 18.9 Å². The Labute approximate surface area is 205 Å². The third-order valence-electron chi connectivity index (χ3n) is 5.51. The number of alkyl halides is 6. The average Bonchev–Trinajstić information content (AvgIpc) is 3.49. The lowest BCUT2D eigenvalue weighted by molar-refractivity contribution is -0.153. The van der Waals surface area contributed by atoms with Gasteiger partial charge in [0.15, 0.2) is 18.2 Å². The Bertz CT molecular complexity index is 1340. The van der Waals surface area contributed by atoms with E-state index in [4.69, 9.17) is 0 Å². The number of benzene rings is 1. The molecule has 0 spiro atoms. The largest absolute Gasteiger partial charge is 0.481 e. The van der Waals surface area contributed by atoms with Crippen molar-refractivity contribution in [3.63, 3.8) is 0 Å². The zero-order valence-corrected chi connectivity index (χ0v) is 18.9. The molecule has 1 aromatic carbocycles. The van der Waals surface area contributed by atoms with Gasteiger partial charge in [-0.2, -0.15) is 36.3 Å². The highest BCUT2D eigenvalue weighted by Crippen LogP contribution is 2.48. The van der Waals surface area contributed by atoms with Crippen LogP contribution in [0, 0.1) is 11.3 Å². The smallest absolute Gasteiger partial charge is 0.422 e. The zero-order chi connectivity index (χ0) is 27.0. The van der Waals surface area contributed by atoms with Crippen molar-refractivity contribution in [2.75, 3.05) is 6.61 Å². The first-order valence-electron chi connectivity index (χ1n) is 10.7. The molecular formula is C22H17F6N7O2. The fourth-order valence-corrected chi connectivity index (χ4v) is 3.37. The van der Waals surface area contributed by atoms with E-state index < -0.39 is 41.9 Å². The number of hydrogen-bond donors (Lipinski definition) is 1. The van der Waals surface area contributed by atoms with Crippen LogP contribution in [0.3, 0.4) is 0 Å². The van der Waals surface area contributed by atoms with Gasteiger partial charge in [0.25, 0.3) is 11.9 Å². The lowest BCUT2D eigenvalue weighted by Crippen LogP contribution is -2.28. The first kappa shape index (κ1) is 25.9. The molecule has 9 nitrogen and oxygen atoms in total. The summed E-state index contributed by atoms with van der Waals surface area (Å²) in [6.07, 6.45) is -5.21. The Kier molecular flexibility index (Phi) is 6.53. The van der Waals surface area contributed by atoms with Crippen molar-refractivity contribution >= 4 is 5.91 Å². The third kappa shape index (κ3) is 5.96. The molecule has 4 rings (SSSR count). The highest BCUT2D eigenvalue weighted by atomic mass is 19.4. The van der Waals surface area contributed by atoms with Crippen LogP contribution >= 0.6 is 0 Å². The number of nitriles is 1. The lowest BCUT2D eigenvalue weighted by atomic mass is 9.93. The summed E-state index contributed by atoms with van der Waals surface area (Å²) >= 11 is 0. The van der Waals surface area contributed by atoms with Gasteiger partial charge in [0.2, 0.25) is 0 Å². The number of rotatable bonds is 7. The summed E-state index contributed by atoms with van der Waals surface area (Å²) in [4.78, 5) is 24.5. The summed E-state index contributed by atoms with van der Waals surface area (Å²) in [6.45, 7) is -0.00997. The maximum Gasteiger partial charge on any atom is 0.422 e. The van der Waals surface area contributed by atoms with Crippen molar-refractivity contribution in [2.24, 2.45) is 0 Å². The molecule has 0 aliphatic heterocycles. The van der Waals surface area contributed by atoms with Crippen LogP contribution in [0.4, 0.5) is 26.3 Å². The Balaban J connectivity index is 1.48. The van der Waals surface area contributed by atoms with Crippen LogP contribution in [-0.2, 0) is 11.6 Å². The van der Waals surface area contributed by atoms with Gasteiger partial charge in [0, 0.05) is 5.56 Å². The van der Waals surface area contributed by atoms with Gasteiger partial charge in [-0.3, -0.25) is 4.79 Å². The van der Waals surface area contributed by atoms with E-state index in [0.717, 1.165) is 23.1 Å². The van der Waals surface area contributed by atoms with Gasteiger partial charge < -0.3 is 10.1 Å². The second-order valence-electron chi connectivity index (χ2n) is 8.36.